The first-order valence-electron chi connectivity index (χ1n) is 6.98. The summed E-state index contributed by atoms with van der Waals surface area (Å²) in [6.07, 6.45) is 3.03. The van der Waals surface area contributed by atoms with Crippen molar-refractivity contribution in [1.82, 2.24) is 0 Å². The van der Waals surface area contributed by atoms with E-state index in [4.69, 9.17) is 23.2 Å². The summed E-state index contributed by atoms with van der Waals surface area (Å²) in [5.74, 6) is -0.0931. The van der Waals surface area contributed by atoms with Crippen LogP contribution in [-0.2, 0) is 9.84 Å². The van der Waals surface area contributed by atoms with Crippen LogP contribution in [0.4, 0.5) is 0 Å². The van der Waals surface area contributed by atoms with Gasteiger partial charge < -0.3 is 0 Å². The van der Waals surface area contributed by atoms with E-state index in [1.807, 2.05) is 0 Å². The summed E-state index contributed by atoms with van der Waals surface area (Å²) >= 11 is 11.8. The molecule has 2 rings (SSSR count). The Kier molecular flexibility index (Phi) is 5.19. The van der Waals surface area contributed by atoms with Gasteiger partial charge in [0.15, 0.2) is 9.84 Å². The molecule has 0 spiro atoms. The second-order valence-corrected chi connectivity index (χ2v) is 8.46. The van der Waals surface area contributed by atoms with E-state index < -0.39 is 21.0 Å². The third-order valence-electron chi connectivity index (χ3n) is 4.26. The van der Waals surface area contributed by atoms with Gasteiger partial charge in [-0.25, -0.2) is 8.42 Å². The van der Waals surface area contributed by atoms with E-state index in [0.29, 0.717) is 23.8 Å². The molecule has 0 aromatic heterocycles. The van der Waals surface area contributed by atoms with Crippen molar-refractivity contribution in [1.29, 1.82) is 5.26 Å². The van der Waals surface area contributed by atoms with Gasteiger partial charge in [0.2, 0.25) is 0 Å². The lowest BCUT2D eigenvalue weighted by Gasteiger charge is -2.32. The number of hydrogen-bond acceptors (Lipinski definition) is 3. The van der Waals surface area contributed by atoms with Crippen LogP contribution in [0.3, 0.4) is 0 Å². The molecule has 0 N–H and O–H groups in total. The topological polar surface area (TPSA) is 57.9 Å². The number of hydrogen-bond donors (Lipinski definition) is 0. The van der Waals surface area contributed by atoms with Crippen LogP contribution in [-0.4, -0.2) is 13.7 Å². The lowest BCUT2D eigenvalue weighted by atomic mass is 9.81. The van der Waals surface area contributed by atoms with Crippen molar-refractivity contribution in [2.45, 2.75) is 42.8 Å². The smallest absolute Gasteiger partial charge is 0.182 e. The standard InChI is InChI=1S/C15H17Cl2NO2S/c1-2-10-3-4-11(9-18)15(7-10)21(19,20)12-5-6-13(16)14(17)8-12/h5-6,8,10-11,15H,2-4,7H2,1H3. The molecule has 6 heteroatoms. The summed E-state index contributed by atoms with van der Waals surface area (Å²) in [7, 11) is -3.57. The number of nitriles is 1. The Hall–Kier alpha value is -0.760. The van der Waals surface area contributed by atoms with Crippen LogP contribution in [0.25, 0.3) is 0 Å². The molecule has 0 amide bonds. The molecule has 0 bridgehead atoms. The fourth-order valence-corrected chi connectivity index (χ4v) is 5.31. The van der Waals surface area contributed by atoms with E-state index in [2.05, 4.69) is 13.0 Å². The van der Waals surface area contributed by atoms with Crippen molar-refractivity contribution in [2.75, 3.05) is 0 Å². The van der Waals surface area contributed by atoms with Crippen molar-refractivity contribution in [3.05, 3.63) is 28.2 Å². The number of rotatable bonds is 3. The molecule has 0 radical (unpaired) electrons. The highest BCUT2D eigenvalue weighted by atomic mass is 35.5. The maximum Gasteiger partial charge on any atom is 0.182 e. The van der Waals surface area contributed by atoms with Crippen LogP contribution in [0.1, 0.15) is 32.6 Å². The second kappa shape index (κ2) is 6.56. The Morgan fingerprint density at radius 1 is 1.29 bits per heavy atom. The lowest BCUT2D eigenvalue weighted by molar-refractivity contribution is 0.308. The summed E-state index contributed by atoms with van der Waals surface area (Å²) in [4.78, 5) is 0.152. The number of benzene rings is 1. The predicted octanol–water partition coefficient (Wildman–Crippen LogP) is 4.49. The molecule has 1 aromatic rings. The molecule has 114 valence electrons. The first-order valence-corrected chi connectivity index (χ1v) is 9.29. The van der Waals surface area contributed by atoms with Crippen LogP contribution in [0.5, 0.6) is 0 Å². The van der Waals surface area contributed by atoms with Gasteiger partial charge in [0, 0.05) is 0 Å². The van der Waals surface area contributed by atoms with E-state index in [9.17, 15) is 13.7 Å². The summed E-state index contributed by atoms with van der Waals surface area (Å²) in [5, 5.41) is 9.15. The third kappa shape index (κ3) is 3.36. The van der Waals surface area contributed by atoms with Crippen molar-refractivity contribution in [3.8, 4) is 6.07 Å². The van der Waals surface area contributed by atoms with Gasteiger partial charge in [-0.1, -0.05) is 36.5 Å². The molecule has 1 saturated carbocycles. The van der Waals surface area contributed by atoms with Crippen LogP contribution in [0.2, 0.25) is 10.0 Å². The molecule has 1 aliphatic carbocycles. The highest BCUT2D eigenvalue weighted by molar-refractivity contribution is 7.92. The summed E-state index contributed by atoms with van der Waals surface area (Å²) in [6, 6.07) is 6.49. The van der Waals surface area contributed by atoms with Crippen LogP contribution < -0.4 is 0 Å². The second-order valence-electron chi connectivity index (χ2n) is 5.48. The van der Waals surface area contributed by atoms with E-state index >= 15 is 0 Å². The molecule has 1 aromatic carbocycles. The van der Waals surface area contributed by atoms with Crippen LogP contribution in [0, 0.1) is 23.2 Å². The zero-order valence-corrected chi connectivity index (χ0v) is 14.0. The summed E-state index contributed by atoms with van der Waals surface area (Å²) in [6.45, 7) is 2.06. The Morgan fingerprint density at radius 2 is 2.00 bits per heavy atom. The van der Waals surface area contributed by atoms with Gasteiger partial charge in [-0.3, -0.25) is 0 Å². The maximum atomic E-state index is 12.8. The minimum Gasteiger partial charge on any atom is -0.223 e. The summed E-state index contributed by atoms with van der Waals surface area (Å²) < 4.78 is 25.7. The molecular formula is C15H17Cl2NO2S. The first-order chi connectivity index (χ1) is 9.90. The monoisotopic (exact) mass is 345 g/mol. The van der Waals surface area contributed by atoms with Gasteiger partial charge >= 0.3 is 0 Å². The highest BCUT2D eigenvalue weighted by Crippen LogP contribution is 2.38. The SMILES string of the molecule is CCC1CCC(C#N)C(S(=O)(=O)c2ccc(Cl)c(Cl)c2)C1. The van der Waals surface area contributed by atoms with Gasteiger partial charge in [0.25, 0.3) is 0 Å². The molecule has 0 aliphatic heterocycles. The molecule has 0 heterocycles. The zero-order chi connectivity index (χ0) is 15.6. The average molecular weight is 346 g/mol. The van der Waals surface area contributed by atoms with Crippen molar-refractivity contribution in [2.24, 2.45) is 11.8 Å². The third-order valence-corrected chi connectivity index (χ3v) is 7.23. The fourth-order valence-electron chi connectivity index (χ4n) is 2.90. The number of sulfone groups is 1. The Labute approximate surface area is 135 Å². The number of nitrogens with zero attached hydrogens (tertiary/aromatic N) is 1. The van der Waals surface area contributed by atoms with E-state index in [1.54, 1.807) is 0 Å². The molecule has 3 nitrogen and oxygen atoms in total. The van der Waals surface area contributed by atoms with Gasteiger partial charge in [-0.05, 0) is 43.4 Å². The van der Waals surface area contributed by atoms with Gasteiger partial charge in [0.1, 0.15) is 0 Å². The quantitative estimate of drug-likeness (QED) is 0.810. The Balaban J connectivity index is 2.40. The lowest BCUT2D eigenvalue weighted by Crippen LogP contribution is -2.35. The molecule has 3 atom stereocenters. The van der Waals surface area contributed by atoms with Gasteiger partial charge in [-0.15, -0.1) is 0 Å². The maximum absolute atomic E-state index is 12.8. The Morgan fingerprint density at radius 3 is 2.57 bits per heavy atom. The zero-order valence-electron chi connectivity index (χ0n) is 11.7. The normalized spacial score (nSPS) is 26.3. The molecular weight excluding hydrogens is 329 g/mol. The highest BCUT2D eigenvalue weighted by Gasteiger charge is 2.39. The van der Waals surface area contributed by atoms with Crippen molar-refractivity contribution >= 4 is 33.0 Å². The predicted molar refractivity (Wildman–Crippen MR) is 84.2 cm³/mol. The molecule has 1 fully saturated rings. The average Bonchev–Trinajstić information content (AvgIpc) is 2.49. The van der Waals surface area contributed by atoms with Crippen LogP contribution in [0.15, 0.2) is 23.1 Å². The molecule has 0 saturated heterocycles. The molecule has 1 aliphatic rings. The van der Waals surface area contributed by atoms with Crippen LogP contribution >= 0.6 is 23.2 Å². The summed E-state index contributed by atoms with van der Waals surface area (Å²) in [5.41, 5.74) is 0. The first kappa shape index (κ1) is 16.6. The van der Waals surface area contributed by atoms with Gasteiger partial charge in [0.05, 0.1) is 32.2 Å². The van der Waals surface area contributed by atoms with E-state index in [-0.39, 0.29) is 9.92 Å². The van der Waals surface area contributed by atoms with Gasteiger partial charge in [-0.2, -0.15) is 5.26 Å². The Bertz CT molecular complexity index is 667. The molecule has 3 unspecified atom stereocenters. The van der Waals surface area contributed by atoms with E-state index in [0.717, 1.165) is 12.8 Å². The molecule has 21 heavy (non-hydrogen) atoms. The van der Waals surface area contributed by atoms with Crippen molar-refractivity contribution in [3.63, 3.8) is 0 Å². The largest absolute Gasteiger partial charge is 0.223 e. The number of halogens is 2. The van der Waals surface area contributed by atoms with Crippen molar-refractivity contribution < 1.29 is 8.42 Å². The minimum absolute atomic E-state index is 0.152. The minimum atomic E-state index is -3.57. The fraction of sp³-hybridized carbons (Fsp3) is 0.533. The van der Waals surface area contributed by atoms with E-state index in [1.165, 1.54) is 18.2 Å².